The minimum absolute atomic E-state index is 0.641. The number of alkyl halides is 5. The Balaban J connectivity index is 5.48. The number of amides is 1. The van der Waals surface area contributed by atoms with Gasteiger partial charge in [-0.1, -0.05) is 0 Å². The maximum absolute atomic E-state index is 14.2. The van der Waals surface area contributed by atoms with Crippen molar-refractivity contribution in [3.05, 3.63) is 0 Å². The van der Waals surface area contributed by atoms with E-state index in [2.05, 4.69) is 4.18 Å². The van der Waals surface area contributed by atoms with Gasteiger partial charge >= 0.3 is 27.9 Å². The number of rotatable bonds is 8. The van der Waals surface area contributed by atoms with Crippen molar-refractivity contribution in [1.82, 2.24) is 4.90 Å². The molecule has 0 aliphatic rings. The van der Waals surface area contributed by atoms with Gasteiger partial charge in [-0.3, -0.25) is 4.18 Å². The molecule has 0 rings (SSSR count). The summed E-state index contributed by atoms with van der Waals surface area (Å²) in [6, 6.07) is -1.63. The third-order valence-electron chi connectivity index (χ3n) is 3.26. The summed E-state index contributed by atoms with van der Waals surface area (Å²) in [6.45, 7) is 5.99. The number of carbonyl (C=O) groups excluding carboxylic acids is 2. The number of hydrogen-bond acceptors (Lipinski definition) is 8. The summed E-state index contributed by atoms with van der Waals surface area (Å²) in [4.78, 5) is 24.6. The van der Waals surface area contributed by atoms with Crippen molar-refractivity contribution in [2.24, 2.45) is 0 Å². The second-order valence-electron chi connectivity index (χ2n) is 8.74. The van der Waals surface area contributed by atoms with Gasteiger partial charge in [0.15, 0.2) is 0 Å². The molecule has 9 nitrogen and oxygen atoms in total. The van der Waals surface area contributed by atoms with Crippen molar-refractivity contribution in [1.29, 1.82) is 0 Å². The van der Waals surface area contributed by atoms with E-state index in [-0.39, 0.29) is 0 Å². The molecule has 0 aromatic carbocycles. The van der Waals surface area contributed by atoms with E-state index in [1.165, 1.54) is 41.5 Å². The predicted octanol–water partition coefficient (Wildman–Crippen LogP) is 4.07. The molecule has 0 fully saturated rings. The molecule has 0 radical (unpaired) electrons. The molecule has 0 bridgehead atoms. The van der Waals surface area contributed by atoms with E-state index in [0.717, 1.165) is 7.05 Å². The smallest absolute Gasteiger partial charge is 0.444 e. The molecule has 0 spiro atoms. The maximum Gasteiger partial charge on any atom is 0.523 e. The second kappa shape index (κ2) is 10.4. The lowest BCUT2D eigenvalue weighted by Crippen LogP contribution is -2.47. The predicted molar refractivity (Wildman–Crippen MR) is 100 cm³/mol. The summed E-state index contributed by atoms with van der Waals surface area (Å²) in [7, 11) is -5.24. The SMILES string of the molecule is CN(C(=O)OC(C)(C)C)[C@H](COC(=O)OC(C)(C)C)CC(F)(F)COS(=O)(=O)C(F)(F)F. The molecule has 0 aromatic heterocycles. The van der Waals surface area contributed by atoms with Crippen LogP contribution in [0.4, 0.5) is 31.5 Å². The molecule has 0 saturated carbocycles. The first-order valence-corrected chi connectivity index (χ1v) is 10.5. The van der Waals surface area contributed by atoms with E-state index >= 15 is 0 Å². The van der Waals surface area contributed by atoms with Crippen molar-refractivity contribution in [3.63, 3.8) is 0 Å². The van der Waals surface area contributed by atoms with Crippen LogP contribution in [0.5, 0.6) is 0 Å². The van der Waals surface area contributed by atoms with Gasteiger partial charge in [0.1, 0.15) is 24.4 Å². The van der Waals surface area contributed by atoms with Crippen LogP contribution in [0.3, 0.4) is 0 Å². The average Bonchev–Trinajstić information content (AvgIpc) is 2.52. The van der Waals surface area contributed by atoms with Crippen LogP contribution < -0.4 is 0 Å². The van der Waals surface area contributed by atoms with Crippen LogP contribution in [0.15, 0.2) is 0 Å². The molecule has 1 atom stereocenters. The number of hydrogen-bond donors (Lipinski definition) is 0. The molecule has 0 unspecified atom stereocenters. The molecular formula is C17H28F5NO8S. The second-order valence-corrected chi connectivity index (χ2v) is 10.3. The van der Waals surface area contributed by atoms with E-state index in [9.17, 15) is 40.0 Å². The van der Waals surface area contributed by atoms with Gasteiger partial charge in [0.25, 0.3) is 5.92 Å². The highest BCUT2D eigenvalue weighted by molar-refractivity contribution is 7.87. The van der Waals surface area contributed by atoms with Crippen molar-refractivity contribution in [2.75, 3.05) is 20.3 Å². The fourth-order valence-electron chi connectivity index (χ4n) is 1.87. The lowest BCUT2D eigenvalue weighted by Gasteiger charge is -2.32. The first-order valence-electron chi connectivity index (χ1n) is 9.11. The zero-order valence-electron chi connectivity index (χ0n) is 18.7. The van der Waals surface area contributed by atoms with Crippen molar-refractivity contribution in [3.8, 4) is 0 Å². The van der Waals surface area contributed by atoms with Crippen LogP contribution in [-0.4, -0.2) is 74.5 Å². The van der Waals surface area contributed by atoms with Crippen LogP contribution in [0.2, 0.25) is 0 Å². The lowest BCUT2D eigenvalue weighted by molar-refractivity contribution is -0.0881. The van der Waals surface area contributed by atoms with Gasteiger partial charge in [0.2, 0.25) is 0 Å². The fraction of sp³-hybridized carbons (Fsp3) is 0.882. The third kappa shape index (κ3) is 11.6. The molecule has 0 aliphatic carbocycles. The Morgan fingerprint density at radius 1 is 0.906 bits per heavy atom. The first-order chi connectivity index (χ1) is 14.0. The number of likely N-dealkylation sites (N-methyl/N-ethyl adjacent to an activating group) is 1. The van der Waals surface area contributed by atoms with E-state index in [0.29, 0.717) is 4.90 Å². The van der Waals surface area contributed by atoms with Crippen LogP contribution in [0.25, 0.3) is 0 Å². The number of halogens is 5. The molecule has 190 valence electrons. The summed E-state index contributed by atoms with van der Waals surface area (Å²) < 4.78 is 105. The summed E-state index contributed by atoms with van der Waals surface area (Å²) in [5.41, 5.74) is -7.89. The van der Waals surface area contributed by atoms with Crippen LogP contribution >= 0.6 is 0 Å². The number of carbonyl (C=O) groups is 2. The molecule has 15 heteroatoms. The largest absolute Gasteiger partial charge is 0.523 e. The Morgan fingerprint density at radius 3 is 1.78 bits per heavy atom. The van der Waals surface area contributed by atoms with Crippen molar-refractivity contribution >= 4 is 22.4 Å². The van der Waals surface area contributed by atoms with Crippen molar-refractivity contribution in [2.45, 2.75) is 76.6 Å². The van der Waals surface area contributed by atoms with Gasteiger partial charge in [0, 0.05) is 13.5 Å². The molecule has 0 aromatic rings. The highest BCUT2D eigenvalue weighted by atomic mass is 32.2. The maximum atomic E-state index is 14.2. The highest BCUT2D eigenvalue weighted by Crippen LogP contribution is 2.29. The minimum Gasteiger partial charge on any atom is -0.444 e. The number of nitrogens with zero attached hydrogens (tertiary/aromatic N) is 1. The van der Waals surface area contributed by atoms with Gasteiger partial charge in [-0.05, 0) is 41.5 Å². The van der Waals surface area contributed by atoms with E-state index in [4.69, 9.17) is 14.2 Å². The molecule has 0 N–H and O–H groups in total. The van der Waals surface area contributed by atoms with Crippen molar-refractivity contribution < 1.29 is 58.4 Å². The van der Waals surface area contributed by atoms with Gasteiger partial charge < -0.3 is 19.1 Å². The van der Waals surface area contributed by atoms with Crippen LogP contribution in [-0.2, 0) is 28.5 Å². The van der Waals surface area contributed by atoms with E-state index in [1.807, 2.05) is 0 Å². The van der Waals surface area contributed by atoms with Crippen LogP contribution in [0.1, 0.15) is 48.0 Å². The molecule has 1 amide bonds. The fourth-order valence-corrected chi connectivity index (χ4v) is 2.33. The zero-order valence-corrected chi connectivity index (χ0v) is 19.5. The van der Waals surface area contributed by atoms with Gasteiger partial charge in [0.05, 0.1) is 6.04 Å². The van der Waals surface area contributed by atoms with E-state index in [1.54, 1.807) is 0 Å². The third-order valence-corrected chi connectivity index (χ3v) is 4.25. The summed E-state index contributed by atoms with van der Waals surface area (Å²) >= 11 is 0. The van der Waals surface area contributed by atoms with Crippen LogP contribution in [0, 0.1) is 0 Å². The molecular weight excluding hydrogens is 473 g/mol. The Morgan fingerprint density at radius 2 is 1.38 bits per heavy atom. The summed E-state index contributed by atoms with van der Waals surface area (Å²) in [5.74, 6) is -4.17. The summed E-state index contributed by atoms with van der Waals surface area (Å²) in [5, 5.41) is 0. The quantitative estimate of drug-likeness (QED) is 0.212. The van der Waals surface area contributed by atoms with Gasteiger partial charge in [-0.15, -0.1) is 0 Å². The average molecular weight is 501 g/mol. The Bertz CT molecular complexity index is 756. The zero-order chi connectivity index (χ0) is 25.8. The first kappa shape index (κ1) is 30.1. The lowest BCUT2D eigenvalue weighted by atomic mass is 10.1. The molecule has 0 saturated heterocycles. The highest BCUT2D eigenvalue weighted by Gasteiger charge is 2.49. The Kier molecular flexibility index (Phi) is 9.74. The Labute approximate surface area is 183 Å². The molecule has 0 heterocycles. The molecule has 0 aliphatic heterocycles. The standard InChI is InChI=1S/C17H28F5NO8S/c1-14(2,3)30-12(24)23(7)11(9-28-13(25)31-15(4,5)6)8-16(18,19)10-29-32(26,27)17(20,21)22/h11H,8-10H2,1-7H3/t11-/m0/s1. The molecule has 32 heavy (non-hydrogen) atoms. The number of ether oxygens (including phenoxy) is 3. The van der Waals surface area contributed by atoms with E-state index < -0.39 is 70.7 Å². The Hall–Kier alpha value is -1.90. The van der Waals surface area contributed by atoms with Gasteiger partial charge in [-0.2, -0.15) is 21.6 Å². The topological polar surface area (TPSA) is 108 Å². The van der Waals surface area contributed by atoms with Gasteiger partial charge in [-0.25, -0.2) is 18.4 Å². The summed E-state index contributed by atoms with van der Waals surface area (Å²) in [6.07, 6.45) is -3.77. The minimum atomic E-state index is -6.26. The normalized spacial score (nSPS) is 14.5. The monoisotopic (exact) mass is 501 g/mol.